The van der Waals surface area contributed by atoms with Crippen molar-refractivity contribution in [2.75, 3.05) is 7.05 Å². The molecule has 3 heterocycles. The molecular formula is C15H13N3O2S. The predicted molar refractivity (Wildman–Crippen MR) is 79.9 cm³/mol. The molecule has 3 rings (SSSR count). The molecule has 106 valence electrons. The van der Waals surface area contributed by atoms with Gasteiger partial charge in [0.15, 0.2) is 0 Å². The molecule has 0 aromatic carbocycles. The highest BCUT2D eigenvalue weighted by Gasteiger charge is 2.17. The van der Waals surface area contributed by atoms with Crippen LogP contribution >= 0.6 is 11.3 Å². The highest BCUT2D eigenvalue weighted by atomic mass is 32.1. The molecule has 0 saturated heterocycles. The van der Waals surface area contributed by atoms with Crippen LogP contribution in [0.15, 0.2) is 52.7 Å². The largest absolute Gasteiger partial charge is 0.467 e. The zero-order valence-electron chi connectivity index (χ0n) is 11.4. The molecule has 0 atom stereocenters. The summed E-state index contributed by atoms with van der Waals surface area (Å²) in [5.41, 5.74) is 1.41. The first-order valence-electron chi connectivity index (χ1n) is 6.38. The molecular weight excluding hydrogens is 286 g/mol. The quantitative estimate of drug-likeness (QED) is 0.743. The van der Waals surface area contributed by atoms with E-state index in [4.69, 9.17) is 4.42 Å². The fraction of sp³-hybridized carbons (Fsp3) is 0.133. The van der Waals surface area contributed by atoms with Gasteiger partial charge in [0.25, 0.3) is 5.91 Å². The average molecular weight is 299 g/mol. The molecule has 0 N–H and O–H groups in total. The Morgan fingerprint density at radius 3 is 2.86 bits per heavy atom. The molecule has 5 nitrogen and oxygen atoms in total. The van der Waals surface area contributed by atoms with Crippen LogP contribution in [-0.2, 0) is 6.54 Å². The molecule has 0 aliphatic heterocycles. The number of carbonyl (C=O) groups is 1. The SMILES string of the molecule is CN(Cc1ccco1)C(=O)c1csc(-c2ccncc2)n1. The van der Waals surface area contributed by atoms with Gasteiger partial charge in [0.2, 0.25) is 0 Å². The molecule has 0 saturated carbocycles. The molecule has 0 aliphatic carbocycles. The molecule has 0 spiro atoms. The Labute approximate surface area is 125 Å². The summed E-state index contributed by atoms with van der Waals surface area (Å²) in [6, 6.07) is 7.39. The van der Waals surface area contributed by atoms with Crippen LogP contribution in [0.2, 0.25) is 0 Å². The van der Waals surface area contributed by atoms with Gasteiger partial charge in [-0.1, -0.05) is 0 Å². The van der Waals surface area contributed by atoms with Crippen molar-refractivity contribution >= 4 is 17.2 Å². The van der Waals surface area contributed by atoms with Gasteiger partial charge in [-0.25, -0.2) is 4.98 Å². The van der Waals surface area contributed by atoms with Gasteiger partial charge in [-0.2, -0.15) is 0 Å². The highest BCUT2D eigenvalue weighted by Crippen LogP contribution is 2.23. The van der Waals surface area contributed by atoms with Crippen LogP contribution in [-0.4, -0.2) is 27.8 Å². The fourth-order valence-corrected chi connectivity index (χ4v) is 2.70. The van der Waals surface area contributed by atoms with Crippen LogP contribution in [0.25, 0.3) is 10.6 Å². The lowest BCUT2D eigenvalue weighted by Crippen LogP contribution is -2.26. The molecule has 0 fully saturated rings. The van der Waals surface area contributed by atoms with Crippen LogP contribution < -0.4 is 0 Å². The Morgan fingerprint density at radius 2 is 2.14 bits per heavy atom. The van der Waals surface area contributed by atoms with Crippen LogP contribution in [0, 0.1) is 0 Å². The second kappa shape index (κ2) is 5.88. The fourth-order valence-electron chi connectivity index (χ4n) is 1.90. The molecule has 6 heteroatoms. The number of thiazole rings is 1. The van der Waals surface area contributed by atoms with Crippen molar-refractivity contribution < 1.29 is 9.21 Å². The summed E-state index contributed by atoms with van der Waals surface area (Å²) < 4.78 is 5.25. The Morgan fingerprint density at radius 1 is 1.33 bits per heavy atom. The van der Waals surface area contributed by atoms with E-state index in [-0.39, 0.29) is 5.91 Å². The molecule has 0 radical (unpaired) electrons. The van der Waals surface area contributed by atoms with Crippen molar-refractivity contribution in [2.45, 2.75) is 6.54 Å². The number of hydrogen-bond acceptors (Lipinski definition) is 5. The van der Waals surface area contributed by atoms with Crippen molar-refractivity contribution in [3.8, 4) is 10.6 Å². The Bertz CT molecular complexity index is 722. The van der Waals surface area contributed by atoms with E-state index in [1.165, 1.54) is 11.3 Å². The summed E-state index contributed by atoms with van der Waals surface area (Å²) in [6.45, 7) is 0.425. The third kappa shape index (κ3) is 3.00. The lowest BCUT2D eigenvalue weighted by atomic mass is 10.3. The van der Waals surface area contributed by atoms with Gasteiger partial charge >= 0.3 is 0 Å². The second-order valence-corrected chi connectivity index (χ2v) is 5.37. The van der Waals surface area contributed by atoms with Crippen LogP contribution in [0.1, 0.15) is 16.2 Å². The smallest absolute Gasteiger partial charge is 0.273 e. The lowest BCUT2D eigenvalue weighted by molar-refractivity contribution is 0.0770. The first kappa shape index (κ1) is 13.5. The molecule has 3 aromatic rings. The lowest BCUT2D eigenvalue weighted by Gasteiger charge is -2.13. The van der Waals surface area contributed by atoms with Crippen LogP contribution in [0.3, 0.4) is 0 Å². The topological polar surface area (TPSA) is 59.2 Å². The van der Waals surface area contributed by atoms with E-state index in [0.717, 1.165) is 16.3 Å². The minimum atomic E-state index is -0.122. The summed E-state index contributed by atoms with van der Waals surface area (Å²) in [4.78, 5) is 22.3. The number of pyridine rings is 1. The first-order valence-corrected chi connectivity index (χ1v) is 7.26. The number of furan rings is 1. The number of rotatable bonds is 4. The number of carbonyl (C=O) groups excluding carboxylic acids is 1. The van der Waals surface area contributed by atoms with Crippen molar-refractivity contribution in [1.29, 1.82) is 0 Å². The van der Waals surface area contributed by atoms with E-state index < -0.39 is 0 Å². The molecule has 0 unspecified atom stereocenters. The monoisotopic (exact) mass is 299 g/mol. The van der Waals surface area contributed by atoms with Gasteiger partial charge in [-0.15, -0.1) is 11.3 Å². The van der Waals surface area contributed by atoms with Crippen molar-refractivity contribution in [1.82, 2.24) is 14.9 Å². The second-order valence-electron chi connectivity index (χ2n) is 4.51. The summed E-state index contributed by atoms with van der Waals surface area (Å²) in [7, 11) is 1.73. The van der Waals surface area contributed by atoms with Crippen molar-refractivity contribution in [3.63, 3.8) is 0 Å². The summed E-state index contributed by atoms with van der Waals surface area (Å²) in [6.07, 6.45) is 5.01. The summed E-state index contributed by atoms with van der Waals surface area (Å²) in [5, 5.41) is 2.59. The van der Waals surface area contributed by atoms with Crippen LogP contribution in [0.5, 0.6) is 0 Å². The molecule has 21 heavy (non-hydrogen) atoms. The molecule has 0 aliphatic rings. The third-order valence-electron chi connectivity index (χ3n) is 2.97. The minimum Gasteiger partial charge on any atom is -0.467 e. The highest BCUT2D eigenvalue weighted by molar-refractivity contribution is 7.13. The number of amides is 1. The Hall–Kier alpha value is -2.47. The van der Waals surface area contributed by atoms with Gasteiger partial charge in [-0.3, -0.25) is 9.78 Å². The van der Waals surface area contributed by atoms with Crippen molar-refractivity contribution in [3.05, 3.63) is 59.8 Å². The summed E-state index contributed by atoms with van der Waals surface area (Å²) in [5.74, 6) is 0.624. The predicted octanol–water partition coefficient (Wildman–Crippen LogP) is 3.07. The van der Waals surface area contributed by atoms with E-state index in [0.29, 0.717) is 12.2 Å². The molecule has 1 amide bonds. The maximum absolute atomic E-state index is 12.3. The Balaban J connectivity index is 1.75. The van der Waals surface area contributed by atoms with E-state index in [1.54, 1.807) is 42.1 Å². The first-order chi connectivity index (χ1) is 10.2. The van der Waals surface area contributed by atoms with Gasteiger partial charge in [0.05, 0.1) is 12.8 Å². The Kier molecular flexibility index (Phi) is 3.79. The van der Waals surface area contributed by atoms with Gasteiger partial charge in [-0.05, 0) is 24.3 Å². The van der Waals surface area contributed by atoms with Gasteiger partial charge in [0, 0.05) is 30.4 Å². The van der Waals surface area contributed by atoms with E-state index in [9.17, 15) is 4.79 Å². The molecule has 0 bridgehead atoms. The minimum absolute atomic E-state index is 0.122. The number of nitrogens with zero attached hydrogens (tertiary/aromatic N) is 3. The zero-order valence-corrected chi connectivity index (χ0v) is 12.2. The summed E-state index contributed by atoms with van der Waals surface area (Å²) >= 11 is 1.45. The number of hydrogen-bond donors (Lipinski definition) is 0. The van der Waals surface area contributed by atoms with E-state index in [1.807, 2.05) is 18.2 Å². The maximum atomic E-state index is 12.3. The van der Waals surface area contributed by atoms with Gasteiger partial charge < -0.3 is 9.32 Å². The van der Waals surface area contributed by atoms with Crippen LogP contribution in [0.4, 0.5) is 0 Å². The molecule has 3 aromatic heterocycles. The third-order valence-corrected chi connectivity index (χ3v) is 3.86. The van der Waals surface area contributed by atoms with Gasteiger partial charge in [0.1, 0.15) is 16.5 Å². The normalized spacial score (nSPS) is 10.5. The van der Waals surface area contributed by atoms with Crippen molar-refractivity contribution in [2.24, 2.45) is 0 Å². The maximum Gasteiger partial charge on any atom is 0.273 e. The van der Waals surface area contributed by atoms with E-state index in [2.05, 4.69) is 9.97 Å². The van der Waals surface area contributed by atoms with E-state index >= 15 is 0 Å². The standard InChI is InChI=1S/C15H13N3O2S/c1-18(9-12-3-2-8-20-12)15(19)13-10-21-14(17-13)11-4-6-16-7-5-11/h2-8,10H,9H2,1H3. The zero-order chi connectivity index (χ0) is 14.7. The average Bonchev–Trinajstić information content (AvgIpc) is 3.18. The number of aromatic nitrogens is 2.